The summed E-state index contributed by atoms with van der Waals surface area (Å²) in [6.45, 7) is 0. The quantitative estimate of drug-likeness (QED) is 0.241. The van der Waals surface area contributed by atoms with Gasteiger partial charge in [-0.05, 0) is 0 Å². The molecule has 0 aliphatic carbocycles. The number of alkyl halides is 10. The van der Waals surface area contributed by atoms with E-state index < -0.39 is 85.5 Å². The molecule has 0 unspecified atom stereocenters. The van der Waals surface area contributed by atoms with Crippen LogP contribution in [0.1, 0.15) is 11.1 Å². The van der Waals surface area contributed by atoms with Gasteiger partial charge in [0, 0.05) is 0 Å². The molecular weight excluding hydrogens is 734 g/mol. The number of hydrogen-bond donors (Lipinski definition) is 0. The van der Waals surface area contributed by atoms with Crippen LogP contribution in [0.25, 0.3) is 0 Å². The van der Waals surface area contributed by atoms with E-state index in [4.69, 9.17) is 10.5 Å². The Morgan fingerprint density at radius 3 is 0.923 bits per heavy atom. The summed E-state index contributed by atoms with van der Waals surface area (Å²) in [5.74, 6) is 0. The van der Waals surface area contributed by atoms with Gasteiger partial charge in [0.2, 0.25) is 0 Å². The number of benzene rings is 2. The molecule has 0 spiro atoms. The fraction of sp³-hybridized carbons (Fsp3) is 0.222. The molecule has 0 saturated heterocycles. The van der Waals surface area contributed by atoms with E-state index in [1.165, 1.54) is 12.1 Å². The van der Waals surface area contributed by atoms with Gasteiger partial charge in [0.05, 0.1) is 0 Å². The first-order chi connectivity index (χ1) is 17.5. The van der Waals surface area contributed by atoms with Crippen LogP contribution >= 0.6 is 19.8 Å². The van der Waals surface area contributed by atoms with Crippen molar-refractivity contribution in [1.82, 2.24) is 0 Å². The molecule has 0 saturated carbocycles. The molecule has 2 aromatic carbocycles. The Bertz CT molecular complexity index is 1500. The molecule has 0 aliphatic rings. The van der Waals surface area contributed by atoms with Crippen LogP contribution in [-0.2, 0) is 29.5 Å². The van der Waals surface area contributed by atoms with Crippen molar-refractivity contribution < 1.29 is 64.8 Å². The SMILES string of the molecule is N#Cc1ccc(I(c2ccc(C#N)cc2)C(S(=O)(=O)C(F)(F)F)(S(=O)(=O)C(F)(F)F)S(=O)(=O)C(F)(F)F)cc1. The predicted octanol–water partition coefficient (Wildman–Crippen LogP) is 4.39. The number of halogens is 10. The van der Waals surface area contributed by atoms with Crippen LogP contribution < -0.4 is 0 Å². The van der Waals surface area contributed by atoms with E-state index in [9.17, 15) is 64.8 Å². The minimum atomic E-state index is -8.49. The predicted molar refractivity (Wildman–Crippen MR) is 121 cm³/mol. The first kappa shape index (κ1) is 32.6. The summed E-state index contributed by atoms with van der Waals surface area (Å²) >= 11 is -6.36. The first-order valence-corrected chi connectivity index (χ1v) is 16.8. The van der Waals surface area contributed by atoms with E-state index in [0.717, 1.165) is 0 Å². The summed E-state index contributed by atoms with van der Waals surface area (Å²) in [6, 6.07) is 6.58. The van der Waals surface area contributed by atoms with Crippen LogP contribution in [-0.4, -0.2) is 43.2 Å². The summed E-state index contributed by atoms with van der Waals surface area (Å²) in [7, 11) is -25.5. The second kappa shape index (κ2) is 10.1. The average molecular weight is 742 g/mol. The van der Waals surface area contributed by atoms with Gasteiger partial charge in [0.25, 0.3) is 0 Å². The van der Waals surface area contributed by atoms with Gasteiger partial charge in [0.1, 0.15) is 0 Å². The van der Waals surface area contributed by atoms with Crippen molar-refractivity contribution in [3.8, 4) is 12.1 Å². The average Bonchev–Trinajstić information content (AvgIpc) is 2.80. The Morgan fingerprint density at radius 2 is 0.744 bits per heavy atom. The summed E-state index contributed by atoms with van der Waals surface area (Å²) in [5.41, 5.74) is -22.7. The summed E-state index contributed by atoms with van der Waals surface area (Å²) < 4.78 is 192. The van der Waals surface area contributed by atoms with E-state index >= 15 is 0 Å². The Kier molecular flexibility index (Phi) is 8.42. The van der Waals surface area contributed by atoms with Crippen LogP contribution in [0.15, 0.2) is 48.5 Å². The fourth-order valence-corrected chi connectivity index (χ4v) is 24.9. The van der Waals surface area contributed by atoms with Crippen molar-refractivity contribution >= 4 is 49.3 Å². The number of sulfone groups is 3. The molecular formula is C18H8F9IN2O6S3. The van der Waals surface area contributed by atoms with Crippen molar-refractivity contribution in [3.05, 3.63) is 66.8 Å². The third-order valence-electron chi connectivity index (χ3n) is 4.49. The number of nitrogens with zero attached hydrogens (tertiary/aromatic N) is 2. The Balaban J connectivity index is 3.51. The molecule has 0 aliphatic heterocycles. The van der Waals surface area contributed by atoms with Gasteiger partial charge >= 0.3 is 222 Å². The number of rotatable bonds is 6. The molecule has 21 heteroatoms. The molecule has 2 rings (SSSR count). The molecule has 0 heterocycles. The van der Waals surface area contributed by atoms with E-state index in [0.29, 0.717) is 48.5 Å². The minimum absolute atomic E-state index is 0.347. The fourth-order valence-electron chi connectivity index (χ4n) is 2.85. The molecule has 39 heavy (non-hydrogen) atoms. The standard InChI is InChI=1S/C18H8F9IN2O6S3/c19-15(20,21)37(31,32)18(38(33,34)16(22,23)24,39(35,36)17(25,26)27)28(13-5-1-11(9-29)2-6-13)14-7-3-12(10-30)4-8-14/h1-8H. The van der Waals surface area contributed by atoms with Crippen LogP contribution in [0.5, 0.6) is 0 Å². The van der Waals surface area contributed by atoms with Crippen LogP contribution in [0, 0.1) is 29.8 Å². The van der Waals surface area contributed by atoms with Crippen LogP contribution in [0.2, 0.25) is 0 Å². The Morgan fingerprint density at radius 1 is 0.513 bits per heavy atom. The summed E-state index contributed by atoms with van der Waals surface area (Å²) in [4.78, 5) is 0. The molecule has 214 valence electrons. The van der Waals surface area contributed by atoms with Gasteiger partial charge in [-0.25, -0.2) is 0 Å². The number of hydrogen-bond acceptors (Lipinski definition) is 8. The zero-order valence-electron chi connectivity index (χ0n) is 18.0. The molecule has 0 fully saturated rings. The molecule has 0 N–H and O–H groups in total. The maximum absolute atomic E-state index is 13.9. The second-order valence-corrected chi connectivity index (χ2v) is 21.8. The van der Waals surface area contributed by atoms with Gasteiger partial charge in [-0.3, -0.25) is 0 Å². The van der Waals surface area contributed by atoms with Crippen molar-refractivity contribution in [2.24, 2.45) is 0 Å². The molecule has 0 radical (unpaired) electrons. The van der Waals surface area contributed by atoms with E-state index in [2.05, 4.69) is 0 Å². The van der Waals surface area contributed by atoms with Crippen molar-refractivity contribution in [3.63, 3.8) is 0 Å². The third kappa shape index (κ3) is 4.93. The normalized spacial score (nSPS) is 14.3. The molecule has 0 amide bonds. The second-order valence-electron chi connectivity index (χ2n) is 6.85. The molecule has 0 bridgehead atoms. The van der Waals surface area contributed by atoms with Gasteiger partial charge < -0.3 is 0 Å². The van der Waals surface area contributed by atoms with Gasteiger partial charge in [-0.15, -0.1) is 0 Å². The summed E-state index contributed by atoms with van der Waals surface area (Å²) in [5, 5.41) is 17.8. The molecule has 0 aromatic heterocycles. The third-order valence-corrected chi connectivity index (χ3v) is 25.8. The Labute approximate surface area is 220 Å². The van der Waals surface area contributed by atoms with Gasteiger partial charge in [-0.1, -0.05) is 0 Å². The zero-order valence-corrected chi connectivity index (χ0v) is 22.6. The maximum atomic E-state index is 13.9. The van der Waals surface area contributed by atoms with Crippen molar-refractivity contribution in [2.75, 3.05) is 0 Å². The van der Waals surface area contributed by atoms with Crippen LogP contribution in [0.4, 0.5) is 39.5 Å². The van der Waals surface area contributed by atoms with E-state index in [1.54, 1.807) is 0 Å². The van der Waals surface area contributed by atoms with Crippen molar-refractivity contribution in [1.29, 1.82) is 10.5 Å². The summed E-state index contributed by atoms with van der Waals surface area (Å²) in [6.07, 6.45) is 0. The topological polar surface area (TPSA) is 150 Å². The first-order valence-electron chi connectivity index (χ1n) is 9.08. The Hall–Kier alpha value is -2.63. The van der Waals surface area contributed by atoms with Crippen molar-refractivity contribution in [2.45, 2.75) is 17.9 Å². The molecule has 8 nitrogen and oxygen atoms in total. The molecule has 0 atom stereocenters. The van der Waals surface area contributed by atoms with Crippen LogP contribution in [0.3, 0.4) is 0 Å². The van der Waals surface area contributed by atoms with Gasteiger partial charge in [0.15, 0.2) is 0 Å². The zero-order chi connectivity index (χ0) is 30.5. The molecule has 2 aromatic rings. The number of nitriles is 2. The van der Waals surface area contributed by atoms with E-state index in [-0.39, 0.29) is 0 Å². The monoisotopic (exact) mass is 742 g/mol. The van der Waals surface area contributed by atoms with Gasteiger partial charge in [-0.2, -0.15) is 0 Å². The van der Waals surface area contributed by atoms with E-state index in [1.807, 2.05) is 0 Å².